The van der Waals surface area contributed by atoms with Crippen LogP contribution in [0.2, 0.25) is 0 Å². The van der Waals surface area contributed by atoms with E-state index in [1.807, 2.05) is 6.92 Å². The minimum absolute atomic E-state index is 0.0172. The molecule has 0 aromatic rings. The molecule has 4 heteroatoms. The first-order chi connectivity index (χ1) is 6.38. The first-order valence-corrected chi connectivity index (χ1v) is 5.00. The van der Waals surface area contributed by atoms with Crippen molar-refractivity contribution in [3.63, 3.8) is 0 Å². The fourth-order valence-electron chi connectivity index (χ4n) is 1.45. The lowest BCUT2D eigenvalue weighted by Crippen LogP contribution is -2.41. The van der Waals surface area contributed by atoms with Crippen LogP contribution < -0.4 is 5.32 Å². The maximum absolute atomic E-state index is 11.5. The van der Waals surface area contributed by atoms with Crippen molar-refractivity contribution in [1.29, 1.82) is 0 Å². The zero-order chi connectivity index (χ0) is 10.8. The van der Waals surface area contributed by atoms with Gasteiger partial charge < -0.3 is 15.2 Å². The number of amides is 1. The van der Waals surface area contributed by atoms with Crippen LogP contribution in [0, 0.1) is 5.92 Å². The summed E-state index contributed by atoms with van der Waals surface area (Å²) in [5.74, 6) is -0.0659. The van der Waals surface area contributed by atoms with E-state index in [0.717, 1.165) is 6.42 Å². The summed E-state index contributed by atoms with van der Waals surface area (Å²) in [6, 6.07) is 0. The van der Waals surface area contributed by atoms with Crippen molar-refractivity contribution in [3.05, 3.63) is 0 Å². The van der Waals surface area contributed by atoms with Crippen molar-refractivity contribution in [2.75, 3.05) is 13.2 Å². The van der Waals surface area contributed by atoms with Crippen LogP contribution in [-0.4, -0.2) is 35.9 Å². The van der Waals surface area contributed by atoms with Crippen LogP contribution in [0.25, 0.3) is 0 Å². The summed E-state index contributed by atoms with van der Waals surface area (Å²) in [5, 5.41) is 12.1. The van der Waals surface area contributed by atoms with E-state index in [1.54, 1.807) is 13.8 Å². The van der Waals surface area contributed by atoms with Crippen LogP contribution in [0.3, 0.4) is 0 Å². The summed E-state index contributed by atoms with van der Waals surface area (Å²) in [6.45, 7) is 6.08. The SMILES string of the molecule is CC1CC(C(=O)NCC(C)(C)O)CO1. The van der Waals surface area contributed by atoms with E-state index >= 15 is 0 Å². The highest BCUT2D eigenvalue weighted by Gasteiger charge is 2.28. The van der Waals surface area contributed by atoms with Crippen molar-refractivity contribution in [3.8, 4) is 0 Å². The fourth-order valence-corrected chi connectivity index (χ4v) is 1.45. The highest BCUT2D eigenvalue weighted by molar-refractivity contribution is 5.79. The molecule has 1 aliphatic heterocycles. The quantitative estimate of drug-likeness (QED) is 0.690. The average Bonchev–Trinajstić information content (AvgIpc) is 2.46. The number of aliphatic hydroxyl groups is 1. The Hall–Kier alpha value is -0.610. The zero-order valence-corrected chi connectivity index (χ0v) is 9.04. The van der Waals surface area contributed by atoms with Gasteiger partial charge in [0.2, 0.25) is 5.91 Å². The number of nitrogens with one attached hydrogen (secondary N) is 1. The molecule has 0 aliphatic carbocycles. The van der Waals surface area contributed by atoms with Gasteiger partial charge in [0.1, 0.15) is 0 Å². The monoisotopic (exact) mass is 201 g/mol. The molecular weight excluding hydrogens is 182 g/mol. The number of carbonyl (C=O) groups excluding carboxylic acids is 1. The van der Waals surface area contributed by atoms with Crippen molar-refractivity contribution < 1.29 is 14.6 Å². The van der Waals surface area contributed by atoms with Gasteiger partial charge in [0.15, 0.2) is 0 Å². The molecule has 0 saturated carbocycles. The van der Waals surface area contributed by atoms with Crippen LogP contribution in [0.15, 0.2) is 0 Å². The maximum Gasteiger partial charge on any atom is 0.225 e. The third-order valence-corrected chi connectivity index (χ3v) is 2.26. The summed E-state index contributed by atoms with van der Waals surface area (Å²) in [7, 11) is 0. The molecule has 1 heterocycles. The topological polar surface area (TPSA) is 58.6 Å². The van der Waals surface area contributed by atoms with Gasteiger partial charge in [0.25, 0.3) is 0 Å². The highest BCUT2D eigenvalue weighted by Crippen LogP contribution is 2.18. The summed E-state index contributed by atoms with van der Waals surface area (Å²) >= 11 is 0. The van der Waals surface area contributed by atoms with Crippen molar-refractivity contribution >= 4 is 5.91 Å². The number of hydrogen-bond acceptors (Lipinski definition) is 3. The number of ether oxygens (including phenoxy) is 1. The Bertz CT molecular complexity index is 210. The average molecular weight is 201 g/mol. The van der Waals surface area contributed by atoms with Crippen molar-refractivity contribution in [2.24, 2.45) is 5.92 Å². The first-order valence-electron chi connectivity index (χ1n) is 5.00. The molecule has 0 bridgehead atoms. The van der Waals surface area contributed by atoms with E-state index in [4.69, 9.17) is 4.74 Å². The maximum atomic E-state index is 11.5. The van der Waals surface area contributed by atoms with Crippen LogP contribution in [0.4, 0.5) is 0 Å². The Morgan fingerprint density at radius 1 is 1.64 bits per heavy atom. The van der Waals surface area contributed by atoms with E-state index < -0.39 is 5.60 Å². The zero-order valence-electron chi connectivity index (χ0n) is 9.04. The molecule has 1 saturated heterocycles. The summed E-state index contributed by atoms with van der Waals surface area (Å²) in [5.41, 5.74) is -0.846. The third kappa shape index (κ3) is 3.64. The predicted octanol–water partition coefficient (Wildman–Crippen LogP) is 0.299. The van der Waals surface area contributed by atoms with Gasteiger partial charge in [-0.1, -0.05) is 0 Å². The second-order valence-electron chi connectivity index (χ2n) is 4.61. The molecule has 82 valence electrons. The van der Waals surface area contributed by atoms with Crippen LogP contribution >= 0.6 is 0 Å². The van der Waals surface area contributed by atoms with Crippen LogP contribution in [-0.2, 0) is 9.53 Å². The largest absolute Gasteiger partial charge is 0.389 e. The second-order valence-corrected chi connectivity index (χ2v) is 4.61. The summed E-state index contributed by atoms with van der Waals surface area (Å²) in [4.78, 5) is 11.5. The molecular formula is C10H19NO3. The van der Waals surface area contributed by atoms with Gasteiger partial charge in [-0.3, -0.25) is 4.79 Å². The van der Waals surface area contributed by atoms with Gasteiger partial charge in [-0.15, -0.1) is 0 Å². The molecule has 1 fully saturated rings. The smallest absolute Gasteiger partial charge is 0.225 e. The van der Waals surface area contributed by atoms with Gasteiger partial charge in [0.05, 0.1) is 24.2 Å². The normalized spacial score (nSPS) is 27.7. The first kappa shape index (κ1) is 11.5. The molecule has 1 aliphatic rings. The molecule has 0 aromatic carbocycles. The predicted molar refractivity (Wildman–Crippen MR) is 52.8 cm³/mol. The highest BCUT2D eigenvalue weighted by atomic mass is 16.5. The van der Waals surface area contributed by atoms with Gasteiger partial charge in [-0.25, -0.2) is 0 Å². The van der Waals surface area contributed by atoms with Gasteiger partial charge in [-0.05, 0) is 27.2 Å². The van der Waals surface area contributed by atoms with Gasteiger partial charge >= 0.3 is 0 Å². The Balaban J connectivity index is 2.29. The molecule has 1 rings (SSSR count). The fraction of sp³-hybridized carbons (Fsp3) is 0.900. The van der Waals surface area contributed by atoms with E-state index in [-0.39, 0.29) is 24.5 Å². The molecule has 1 amide bonds. The summed E-state index contributed by atoms with van der Waals surface area (Å²) in [6.07, 6.45) is 0.949. The molecule has 4 nitrogen and oxygen atoms in total. The molecule has 0 aromatic heterocycles. The Morgan fingerprint density at radius 2 is 2.29 bits per heavy atom. The minimum atomic E-state index is -0.846. The molecule has 14 heavy (non-hydrogen) atoms. The van der Waals surface area contributed by atoms with E-state index in [2.05, 4.69) is 5.32 Å². The molecule has 0 radical (unpaired) electrons. The van der Waals surface area contributed by atoms with E-state index in [9.17, 15) is 9.90 Å². The molecule has 0 spiro atoms. The second kappa shape index (κ2) is 4.28. The molecule has 2 atom stereocenters. The number of hydrogen-bond donors (Lipinski definition) is 2. The van der Waals surface area contributed by atoms with Gasteiger partial charge in [-0.2, -0.15) is 0 Å². The number of rotatable bonds is 3. The Kier molecular flexibility index (Phi) is 3.50. The lowest BCUT2D eigenvalue weighted by Gasteiger charge is -2.18. The standard InChI is InChI=1S/C10H19NO3/c1-7-4-8(5-14-7)9(12)11-6-10(2,3)13/h7-8,13H,4-6H2,1-3H3,(H,11,12). The molecule has 2 unspecified atom stereocenters. The van der Waals surface area contributed by atoms with Crippen molar-refractivity contribution in [1.82, 2.24) is 5.32 Å². The summed E-state index contributed by atoms with van der Waals surface area (Å²) < 4.78 is 5.30. The number of carbonyl (C=O) groups is 1. The third-order valence-electron chi connectivity index (χ3n) is 2.26. The van der Waals surface area contributed by atoms with E-state index in [1.165, 1.54) is 0 Å². The Morgan fingerprint density at radius 3 is 2.71 bits per heavy atom. The lowest BCUT2D eigenvalue weighted by molar-refractivity contribution is -0.125. The lowest BCUT2D eigenvalue weighted by atomic mass is 10.0. The van der Waals surface area contributed by atoms with Crippen LogP contribution in [0.5, 0.6) is 0 Å². The van der Waals surface area contributed by atoms with Crippen LogP contribution in [0.1, 0.15) is 27.2 Å². The van der Waals surface area contributed by atoms with E-state index in [0.29, 0.717) is 6.61 Å². The van der Waals surface area contributed by atoms with Crippen molar-refractivity contribution in [2.45, 2.75) is 38.9 Å². The Labute approximate surface area is 84.6 Å². The molecule has 2 N–H and O–H groups in total. The van der Waals surface area contributed by atoms with Gasteiger partial charge in [0, 0.05) is 6.54 Å². The minimum Gasteiger partial charge on any atom is -0.389 e.